The standard InChI is InChI=1S/C7H10Cl2O/c1-2-10-6-3-5(6)4-7(8)9/h4-6H,2-3H2,1H3/t5-,6+/m1/s1. The van der Waals surface area contributed by atoms with E-state index in [1.807, 2.05) is 13.0 Å². The van der Waals surface area contributed by atoms with Gasteiger partial charge in [0.2, 0.25) is 0 Å². The van der Waals surface area contributed by atoms with Crippen molar-refractivity contribution in [2.45, 2.75) is 19.4 Å². The third-order valence-corrected chi connectivity index (χ3v) is 1.75. The van der Waals surface area contributed by atoms with E-state index in [1.54, 1.807) is 0 Å². The lowest BCUT2D eigenvalue weighted by molar-refractivity contribution is 0.126. The van der Waals surface area contributed by atoms with Crippen molar-refractivity contribution >= 4 is 23.2 Å². The number of hydrogen-bond donors (Lipinski definition) is 0. The maximum Gasteiger partial charge on any atom is 0.103 e. The number of halogens is 2. The summed E-state index contributed by atoms with van der Waals surface area (Å²) in [5, 5.41) is 0. The Morgan fingerprint density at radius 1 is 1.70 bits per heavy atom. The monoisotopic (exact) mass is 180 g/mol. The lowest BCUT2D eigenvalue weighted by atomic mass is 10.4. The van der Waals surface area contributed by atoms with Gasteiger partial charge >= 0.3 is 0 Å². The molecule has 0 saturated heterocycles. The van der Waals surface area contributed by atoms with Crippen LogP contribution >= 0.6 is 23.2 Å². The molecule has 0 heterocycles. The van der Waals surface area contributed by atoms with Crippen LogP contribution in [0.2, 0.25) is 0 Å². The van der Waals surface area contributed by atoms with E-state index in [1.165, 1.54) is 0 Å². The minimum atomic E-state index is 0.354. The first-order chi connectivity index (χ1) is 4.74. The van der Waals surface area contributed by atoms with Gasteiger partial charge in [-0.2, -0.15) is 0 Å². The quantitative estimate of drug-likeness (QED) is 0.650. The fraction of sp³-hybridized carbons (Fsp3) is 0.714. The van der Waals surface area contributed by atoms with Crippen LogP contribution in [0.5, 0.6) is 0 Å². The van der Waals surface area contributed by atoms with E-state index in [0.717, 1.165) is 13.0 Å². The Bertz CT molecular complexity index is 141. The van der Waals surface area contributed by atoms with Crippen LogP contribution in [-0.2, 0) is 4.74 Å². The largest absolute Gasteiger partial charge is 0.378 e. The highest BCUT2D eigenvalue weighted by Crippen LogP contribution is 2.36. The topological polar surface area (TPSA) is 9.23 Å². The maximum atomic E-state index is 5.45. The molecule has 0 aromatic heterocycles. The lowest BCUT2D eigenvalue weighted by Gasteiger charge is -1.94. The number of rotatable bonds is 3. The zero-order valence-corrected chi connectivity index (χ0v) is 7.32. The van der Waals surface area contributed by atoms with Crippen LogP contribution < -0.4 is 0 Å². The molecule has 58 valence electrons. The van der Waals surface area contributed by atoms with Crippen LogP contribution in [0.3, 0.4) is 0 Å². The molecule has 1 aliphatic carbocycles. The third kappa shape index (κ3) is 2.49. The van der Waals surface area contributed by atoms with Crippen molar-refractivity contribution in [1.82, 2.24) is 0 Å². The summed E-state index contributed by atoms with van der Waals surface area (Å²) in [6, 6.07) is 0. The van der Waals surface area contributed by atoms with E-state index in [-0.39, 0.29) is 0 Å². The van der Waals surface area contributed by atoms with Crippen LogP contribution in [0.25, 0.3) is 0 Å². The molecule has 1 aliphatic rings. The predicted octanol–water partition coefficient (Wildman–Crippen LogP) is 2.73. The van der Waals surface area contributed by atoms with Gasteiger partial charge in [-0.05, 0) is 19.4 Å². The second kappa shape index (κ2) is 3.61. The molecular weight excluding hydrogens is 171 g/mol. The van der Waals surface area contributed by atoms with E-state index in [0.29, 0.717) is 16.5 Å². The van der Waals surface area contributed by atoms with Gasteiger partial charge in [-0.25, -0.2) is 0 Å². The summed E-state index contributed by atoms with van der Waals surface area (Å²) in [6.45, 7) is 2.76. The van der Waals surface area contributed by atoms with Crippen LogP contribution in [0, 0.1) is 5.92 Å². The van der Waals surface area contributed by atoms with E-state index >= 15 is 0 Å². The van der Waals surface area contributed by atoms with E-state index in [4.69, 9.17) is 27.9 Å². The molecule has 0 radical (unpaired) electrons. The first kappa shape index (κ1) is 8.38. The molecule has 0 amide bonds. The van der Waals surface area contributed by atoms with Gasteiger partial charge in [-0.3, -0.25) is 0 Å². The Hall–Kier alpha value is 0.280. The van der Waals surface area contributed by atoms with Gasteiger partial charge < -0.3 is 4.74 Å². The van der Waals surface area contributed by atoms with Crippen molar-refractivity contribution in [2.75, 3.05) is 6.61 Å². The highest BCUT2D eigenvalue weighted by atomic mass is 35.5. The zero-order valence-electron chi connectivity index (χ0n) is 5.81. The first-order valence-corrected chi connectivity index (χ1v) is 4.14. The van der Waals surface area contributed by atoms with Crippen LogP contribution in [0.4, 0.5) is 0 Å². The molecule has 0 aromatic carbocycles. The molecule has 2 atom stereocenters. The van der Waals surface area contributed by atoms with Crippen LogP contribution in [-0.4, -0.2) is 12.7 Å². The summed E-state index contributed by atoms with van der Waals surface area (Å²) >= 11 is 10.9. The summed E-state index contributed by atoms with van der Waals surface area (Å²) in [5.74, 6) is 0.463. The molecule has 1 rings (SSSR count). The van der Waals surface area contributed by atoms with Gasteiger partial charge in [0.1, 0.15) is 4.49 Å². The van der Waals surface area contributed by atoms with Crippen molar-refractivity contribution < 1.29 is 4.74 Å². The summed E-state index contributed by atoms with van der Waals surface area (Å²) < 4.78 is 5.66. The van der Waals surface area contributed by atoms with Gasteiger partial charge in [-0.15, -0.1) is 0 Å². The second-order valence-electron chi connectivity index (χ2n) is 2.35. The predicted molar refractivity (Wildman–Crippen MR) is 43.3 cm³/mol. The molecule has 0 aliphatic heterocycles. The average molecular weight is 181 g/mol. The Morgan fingerprint density at radius 3 is 2.90 bits per heavy atom. The molecular formula is C7H10Cl2O. The van der Waals surface area contributed by atoms with Gasteiger partial charge in [0.25, 0.3) is 0 Å². The van der Waals surface area contributed by atoms with Crippen molar-refractivity contribution in [1.29, 1.82) is 0 Å². The SMILES string of the molecule is CCO[C@H]1C[C@@H]1C=C(Cl)Cl. The molecule has 0 spiro atoms. The fourth-order valence-electron chi connectivity index (χ4n) is 0.933. The lowest BCUT2D eigenvalue weighted by Crippen LogP contribution is -1.93. The molecule has 0 aromatic rings. The summed E-state index contributed by atoms with van der Waals surface area (Å²) in [5.41, 5.74) is 0. The van der Waals surface area contributed by atoms with Gasteiger partial charge in [0.05, 0.1) is 6.10 Å². The summed E-state index contributed by atoms with van der Waals surface area (Å²) in [4.78, 5) is 0. The Kier molecular flexibility index (Phi) is 3.02. The zero-order chi connectivity index (χ0) is 7.56. The third-order valence-electron chi connectivity index (χ3n) is 1.50. The minimum Gasteiger partial charge on any atom is -0.378 e. The van der Waals surface area contributed by atoms with Crippen molar-refractivity contribution in [2.24, 2.45) is 5.92 Å². The minimum absolute atomic E-state index is 0.354. The summed E-state index contributed by atoms with van der Waals surface area (Å²) in [6.07, 6.45) is 3.28. The Morgan fingerprint density at radius 2 is 2.40 bits per heavy atom. The van der Waals surface area contributed by atoms with Crippen molar-refractivity contribution in [3.8, 4) is 0 Å². The van der Waals surface area contributed by atoms with Gasteiger partial charge in [0, 0.05) is 12.5 Å². The normalized spacial score (nSPS) is 29.9. The molecule has 3 heteroatoms. The smallest absolute Gasteiger partial charge is 0.103 e. The van der Waals surface area contributed by atoms with E-state index < -0.39 is 0 Å². The first-order valence-electron chi connectivity index (χ1n) is 3.38. The highest BCUT2D eigenvalue weighted by Gasteiger charge is 2.35. The fourth-order valence-corrected chi connectivity index (χ4v) is 1.26. The molecule has 10 heavy (non-hydrogen) atoms. The highest BCUT2D eigenvalue weighted by molar-refractivity contribution is 6.55. The molecule has 1 saturated carbocycles. The Labute approximate surface area is 71.0 Å². The van der Waals surface area contributed by atoms with Gasteiger partial charge in [0.15, 0.2) is 0 Å². The molecule has 0 bridgehead atoms. The summed E-state index contributed by atoms with van der Waals surface area (Å²) in [7, 11) is 0. The van der Waals surface area contributed by atoms with Crippen LogP contribution in [0.15, 0.2) is 10.6 Å². The average Bonchev–Trinajstić information content (AvgIpc) is 2.47. The van der Waals surface area contributed by atoms with E-state index in [2.05, 4.69) is 0 Å². The van der Waals surface area contributed by atoms with Crippen LogP contribution in [0.1, 0.15) is 13.3 Å². The molecule has 1 nitrogen and oxygen atoms in total. The maximum absolute atomic E-state index is 5.45. The second-order valence-corrected chi connectivity index (χ2v) is 3.36. The van der Waals surface area contributed by atoms with E-state index in [9.17, 15) is 0 Å². The number of ether oxygens (including phenoxy) is 1. The molecule has 1 fully saturated rings. The van der Waals surface area contributed by atoms with Crippen molar-refractivity contribution in [3.63, 3.8) is 0 Å². The van der Waals surface area contributed by atoms with Gasteiger partial charge in [-0.1, -0.05) is 23.2 Å². The van der Waals surface area contributed by atoms with Crippen molar-refractivity contribution in [3.05, 3.63) is 10.6 Å². The molecule has 0 N–H and O–H groups in total. The Balaban J connectivity index is 2.19. The number of hydrogen-bond acceptors (Lipinski definition) is 1. The molecule has 0 unspecified atom stereocenters.